The molecule has 0 aliphatic carbocycles. The smallest absolute Gasteiger partial charge is 0.0963 e. The molecule has 66 valence electrons. The van der Waals surface area contributed by atoms with Crippen LogP contribution >= 0.6 is 0 Å². The summed E-state index contributed by atoms with van der Waals surface area (Å²) in [7, 11) is 0. The second-order valence-corrected chi connectivity index (χ2v) is 3.07. The van der Waals surface area contributed by atoms with Crippen LogP contribution in [0.4, 0.5) is 0 Å². The molecule has 5 N–H and O–H groups in total. The highest BCUT2D eigenvalue weighted by Gasteiger charge is 2.20. The van der Waals surface area contributed by atoms with Crippen molar-refractivity contribution >= 4 is 0 Å². The van der Waals surface area contributed by atoms with Gasteiger partial charge in [0.2, 0.25) is 0 Å². The van der Waals surface area contributed by atoms with Crippen molar-refractivity contribution in [1.29, 1.82) is 0 Å². The normalized spacial score (nSPS) is 15.7. The molecule has 3 heteroatoms. The van der Waals surface area contributed by atoms with Crippen molar-refractivity contribution in [2.24, 2.45) is 11.5 Å². The lowest BCUT2D eigenvalue weighted by Crippen LogP contribution is -2.37. The van der Waals surface area contributed by atoms with Gasteiger partial charge in [-0.3, -0.25) is 0 Å². The first-order valence-corrected chi connectivity index (χ1v) is 3.82. The zero-order valence-corrected chi connectivity index (χ0v) is 7.30. The van der Waals surface area contributed by atoms with Crippen molar-refractivity contribution in [3.8, 4) is 0 Å². The lowest BCUT2D eigenvalue weighted by Gasteiger charge is -2.22. The molecule has 0 radical (unpaired) electrons. The first-order chi connectivity index (χ1) is 5.04. The van der Waals surface area contributed by atoms with Crippen LogP contribution in [0.15, 0.2) is 11.6 Å². The van der Waals surface area contributed by atoms with Crippen LogP contribution in [0.5, 0.6) is 0 Å². The Labute approximate surface area is 68.1 Å². The molecule has 1 atom stereocenters. The van der Waals surface area contributed by atoms with Crippen LogP contribution in [0.25, 0.3) is 0 Å². The minimum atomic E-state index is -0.895. The van der Waals surface area contributed by atoms with Crippen LogP contribution in [-0.4, -0.2) is 23.8 Å². The third kappa shape index (κ3) is 4.14. The summed E-state index contributed by atoms with van der Waals surface area (Å²) in [6, 6.07) is 0. The van der Waals surface area contributed by atoms with Gasteiger partial charge in [-0.15, -0.1) is 0 Å². The van der Waals surface area contributed by atoms with Crippen molar-refractivity contribution in [2.75, 3.05) is 13.1 Å². The van der Waals surface area contributed by atoms with Crippen molar-refractivity contribution in [3.63, 3.8) is 0 Å². The second kappa shape index (κ2) is 4.49. The van der Waals surface area contributed by atoms with E-state index in [2.05, 4.69) is 0 Å². The van der Waals surface area contributed by atoms with Gasteiger partial charge in [0.1, 0.15) is 0 Å². The monoisotopic (exact) mass is 158 g/mol. The van der Waals surface area contributed by atoms with Gasteiger partial charge in [-0.1, -0.05) is 11.6 Å². The van der Waals surface area contributed by atoms with Crippen LogP contribution in [0.1, 0.15) is 20.3 Å². The van der Waals surface area contributed by atoms with Crippen molar-refractivity contribution in [2.45, 2.75) is 25.9 Å². The van der Waals surface area contributed by atoms with Gasteiger partial charge >= 0.3 is 0 Å². The van der Waals surface area contributed by atoms with Crippen LogP contribution in [0, 0.1) is 0 Å². The van der Waals surface area contributed by atoms with Crippen molar-refractivity contribution in [3.05, 3.63) is 11.6 Å². The summed E-state index contributed by atoms with van der Waals surface area (Å²) in [5.74, 6) is 0. The number of aliphatic hydroxyl groups is 1. The van der Waals surface area contributed by atoms with E-state index in [0.717, 1.165) is 5.57 Å². The molecular weight excluding hydrogens is 140 g/mol. The van der Waals surface area contributed by atoms with Gasteiger partial charge in [0.05, 0.1) is 5.60 Å². The predicted octanol–water partition coefficient (Wildman–Crippen LogP) is -0.00880. The zero-order valence-electron chi connectivity index (χ0n) is 7.30. The maximum absolute atomic E-state index is 9.71. The topological polar surface area (TPSA) is 72.3 Å². The Morgan fingerprint density at radius 2 is 2.00 bits per heavy atom. The molecule has 0 fully saturated rings. The summed E-state index contributed by atoms with van der Waals surface area (Å²) in [5, 5.41) is 9.71. The highest BCUT2D eigenvalue weighted by atomic mass is 16.3. The van der Waals surface area contributed by atoms with Crippen LogP contribution < -0.4 is 11.5 Å². The van der Waals surface area contributed by atoms with E-state index in [1.807, 2.05) is 13.8 Å². The molecule has 0 rings (SSSR count). The van der Waals surface area contributed by atoms with Gasteiger partial charge in [0.15, 0.2) is 0 Å². The number of rotatable bonds is 4. The minimum Gasteiger partial charge on any atom is -0.384 e. The molecule has 0 spiro atoms. The van der Waals surface area contributed by atoms with E-state index < -0.39 is 5.60 Å². The zero-order chi connectivity index (χ0) is 8.91. The Hall–Kier alpha value is -0.380. The summed E-state index contributed by atoms with van der Waals surface area (Å²) in [5.41, 5.74) is 10.9. The van der Waals surface area contributed by atoms with Gasteiger partial charge in [0.25, 0.3) is 0 Å². The third-order valence-electron chi connectivity index (χ3n) is 1.49. The fourth-order valence-corrected chi connectivity index (χ4v) is 1.02. The largest absolute Gasteiger partial charge is 0.384 e. The van der Waals surface area contributed by atoms with E-state index in [9.17, 15) is 5.11 Å². The molecule has 0 amide bonds. The van der Waals surface area contributed by atoms with Crippen LogP contribution in [-0.2, 0) is 0 Å². The van der Waals surface area contributed by atoms with Crippen molar-refractivity contribution < 1.29 is 5.11 Å². The van der Waals surface area contributed by atoms with Gasteiger partial charge in [-0.05, 0) is 26.8 Å². The average molecular weight is 158 g/mol. The second-order valence-electron chi connectivity index (χ2n) is 3.07. The first-order valence-electron chi connectivity index (χ1n) is 3.82. The molecule has 0 saturated carbocycles. The molecule has 0 aliphatic heterocycles. The van der Waals surface area contributed by atoms with Gasteiger partial charge in [-0.2, -0.15) is 0 Å². The molecule has 0 aromatic rings. The van der Waals surface area contributed by atoms with E-state index in [4.69, 9.17) is 11.5 Å². The summed E-state index contributed by atoms with van der Waals surface area (Å²) in [6.45, 7) is 4.54. The predicted molar refractivity (Wildman–Crippen MR) is 47.1 cm³/mol. The highest BCUT2D eigenvalue weighted by Crippen LogP contribution is 2.11. The highest BCUT2D eigenvalue weighted by molar-refractivity contribution is 5.07. The SMILES string of the molecule is CC(C)=CC(O)(CN)CCN. The van der Waals surface area contributed by atoms with E-state index in [1.54, 1.807) is 6.08 Å². The Bertz CT molecular complexity index is 141. The van der Waals surface area contributed by atoms with Crippen molar-refractivity contribution in [1.82, 2.24) is 0 Å². The molecule has 0 aromatic heterocycles. The molecule has 3 nitrogen and oxygen atoms in total. The molecule has 1 unspecified atom stereocenters. The summed E-state index contributed by atoms with van der Waals surface area (Å²) in [6.07, 6.45) is 2.29. The molecule has 0 heterocycles. The summed E-state index contributed by atoms with van der Waals surface area (Å²) in [4.78, 5) is 0. The number of nitrogens with two attached hydrogens (primary N) is 2. The Balaban J connectivity index is 4.21. The standard InChI is InChI=1S/C8H18N2O/c1-7(2)5-8(11,6-10)3-4-9/h5,11H,3-4,6,9-10H2,1-2H3. The van der Waals surface area contributed by atoms with E-state index in [1.165, 1.54) is 0 Å². The van der Waals surface area contributed by atoms with Crippen LogP contribution in [0.3, 0.4) is 0 Å². The molecule has 11 heavy (non-hydrogen) atoms. The molecular formula is C8H18N2O. The van der Waals surface area contributed by atoms with E-state index in [0.29, 0.717) is 13.0 Å². The molecule has 0 aromatic carbocycles. The summed E-state index contributed by atoms with van der Waals surface area (Å²) < 4.78 is 0. The van der Waals surface area contributed by atoms with Gasteiger partial charge in [-0.25, -0.2) is 0 Å². The van der Waals surface area contributed by atoms with Crippen LogP contribution in [0.2, 0.25) is 0 Å². The Morgan fingerprint density at radius 1 is 1.45 bits per heavy atom. The van der Waals surface area contributed by atoms with E-state index in [-0.39, 0.29) is 6.54 Å². The molecule has 0 aliphatic rings. The fraction of sp³-hybridized carbons (Fsp3) is 0.750. The lowest BCUT2D eigenvalue weighted by atomic mass is 9.97. The van der Waals surface area contributed by atoms with E-state index >= 15 is 0 Å². The average Bonchev–Trinajstić information content (AvgIpc) is 1.87. The van der Waals surface area contributed by atoms with Gasteiger partial charge < -0.3 is 16.6 Å². The molecule has 0 saturated heterocycles. The lowest BCUT2D eigenvalue weighted by molar-refractivity contribution is 0.0923. The summed E-state index contributed by atoms with van der Waals surface area (Å²) >= 11 is 0. The maximum Gasteiger partial charge on any atom is 0.0963 e. The van der Waals surface area contributed by atoms with Gasteiger partial charge in [0, 0.05) is 6.54 Å². The number of allylic oxidation sites excluding steroid dienone is 1. The number of hydrogen-bond donors (Lipinski definition) is 3. The Morgan fingerprint density at radius 3 is 2.27 bits per heavy atom. The Kier molecular flexibility index (Phi) is 4.33. The first kappa shape index (κ1) is 10.6. The fourth-order valence-electron chi connectivity index (χ4n) is 1.02. The minimum absolute atomic E-state index is 0.232. The maximum atomic E-state index is 9.71. The quantitative estimate of drug-likeness (QED) is 0.504. The molecule has 0 bridgehead atoms. The third-order valence-corrected chi connectivity index (χ3v) is 1.49. The number of hydrogen-bond acceptors (Lipinski definition) is 3.